The van der Waals surface area contributed by atoms with Gasteiger partial charge in [0.25, 0.3) is 5.91 Å². The Morgan fingerprint density at radius 3 is 2.62 bits per heavy atom. The van der Waals surface area contributed by atoms with Gasteiger partial charge in [0.15, 0.2) is 5.11 Å². The fourth-order valence-corrected chi connectivity index (χ4v) is 2.20. The van der Waals surface area contributed by atoms with Crippen molar-refractivity contribution < 1.29 is 19.4 Å². The van der Waals surface area contributed by atoms with E-state index < -0.39 is 11.9 Å². The molecule has 0 bridgehead atoms. The van der Waals surface area contributed by atoms with Gasteiger partial charge in [-0.15, -0.1) is 0 Å². The summed E-state index contributed by atoms with van der Waals surface area (Å²) in [6.45, 7) is 2.35. The van der Waals surface area contributed by atoms with Crippen molar-refractivity contribution in [3.8, 4) is 5.75 Å². The number of rotatable bonds is 5. The lowest BCUT2D eigenvalue weighted by Gasteiger charge is -2.12. The number of para-hydroxylation sites is 1. The number of carbonyl (C=O) groups excluding carboxylic acids is 1. The summed E-state index contributed by atoms with van der Waals surface area (Å²) in [7, 11) is 0. The van der Waals surface area contributed by atoms with Crippen LogP contribution in [0.1, 0.15) is 27.6 Å². The SMILES string of the molecule is CCOc1cccc(C(=O)NC(=S)Nc2ccccc2C(=O)O)c1. The molecule has 0 unspecified atom stereocenters. The van der Waals surface area contributed by atoms with Crippen molar-refractivity contribution in [1.29, 1.82) is 0 Å². The number of aromatic carboxylic acids is 1. The van der Waals surface area contributed by atoms with Crippen LogP contribution in [0.4, 0.5) is 5.69 Å². The second-order valence-electron chi connectivity index (χ2n) is 4.72. The molecule has 1 amide bonds. The lowest BCUT2D eigenvalue weighted by atomic mass is 10.2. The van der Waals surface area contributed by atoms with Crippen LogP contribution < -0.4 is 15.4 Å². The Hall–Kier alpha value is -2.93. The molecule has 24 heavy (non-hydrogen) atoms. The number of thiocarbonyl (C=S) groups is 1. The summed E-state index contributed by atoms with van der Waals surface area (Å²) < 4.78 is 5.35. The molecule has 124 valence electrons. The van der Waals surface area contributed by atoms with Crippen molar-refractivity contribution in [3.05, 3.63) is 59.7 Å². The third-order valence-corrected chi connectivity index (χ3v) is 3.24. The van der Waals surface area contributed by atoms with Gasteiger partial charge in [-0.05, 0) is 49.5 Å². The summed E-state index contributed by atoms with van der Waals surface area (Å²) in [6.07, 6.45) is 0. The first-order valence-electron chi connectivity index (χ1n) is 7.18. The second kappa shape index (κ2) is 8.07. The number of carbonyl (C=O) groups is 2. The Morgan fingerprint density at radius 2 is 1.92 bits per heavy atom. The quantitative estimate of drug-likeness (QED) is 0.723. The second-order valence-corrected chi connectivity index (χ2v) is 5.13. The van der Waals surface area contributed by atoms with Gasteiger partial charge in [-0.25, -0.2) is 4.79 Å². The molecular weight excluding hydrogens is 328 g/mol. The summed E-state index contributed by atoms with van der Waals surface area (Å²) in [4.78, 5) is 23.4. The van der Waals surface area contributed by atoms with Crippen LogP contribution in [0.3, 0.4) is 0 Å². The van der Waals surface area contributed by atoms with E-state index in [1.807, 2.05) is 6.92 Å². The number of hydrogen-bond donors (Lipinski definition) is 3. The number of carboxylic acids is 1. The molecule has 0 saturated heterocycles. The number of hydrogen-bond acceptors (Lipinski definition) is 4. The molecule has 2 rings (SSSR count). The van der Waals surface area contributed by atoms with Crippen LogP contribution in [-0.2, 0) is 0 Å². The summed E-state index contributed by atoms with van der Waals surface area (Å²) in [5.74, 6) is -0.918. The highest BCUT2D eigenvalue weighted by atomic mass is 32.1. The first kappa shape index (κ1) is 17.4. The van der Waals surface area contributed by atoms with Crippen LogP contribution in [0, 0.1) is 0 Å². The normalized spacial score (nSPS) is 9.88. The minimum absolute atomic E-state index is 0.00973. The van der Waals surface area contributed by atoms with E-state index in [4.69, 9.17) is 22.1 Å². The standard InChI is InChI=1S/C17H16N2O4S/c1-2-23-12-7-5-6-11(10-12)15(20)19-17(24)18-14-9-4-3-8-13(14)16(21)22/h3-10H,2H2,1H3,(H,21,22)(H2,18,19,20,24). The highest BCUT2D eigenvalue weighted by molar-refractivity contribution is 7.80. The maximum atomic E-state index is 12.2. The predicted molar refractivity (Wildman–Crippen MR) is 94.7 cm³/mol. The third kappa shape index (κ3) is 4.53. The van der Waals surface area contributed by atoms with E-state index in [9.17, 15) is 9.59 Å². The van der Waals surface area contributed by atoms with Gasteiger partial charge >= 0.3 is 5.97 Å². The van der Waals surface area contributed by atoms with Crippen molar-refractivity contribution in [3.63, 3.8) is 0 Å². The van der Waals surface area contributed by atoms with Gasteiger partial charge in [0.05, 0.1) is 17.9 Å². The van der Waals surface area contributed by atoms with E-state index in [2.05, 4.69) is 10.6 Å². The smallest absolute Gasteiger partial charge is 0.337 e. The lowest BCUT2D eigenvalue weighted by molar-refractivity contribution is 0.0698. The zero-order chi connectivity index (χ0) is 17.5. The lowest BCUT2D eigenvalue weighted by Crippen LogP contribution is -2.34. The van der Waals surface area contributed by atoms with Crippen molar-refractivity contribution in [2.24, 2.45) is 0 Å². The van der Waals surface area contributed by atoms with Crippen molar-refractivity contribution in [2.75, 3.05) is 11.9 Å². The number of ether oxygens (including phenoxy) is 1. The maximum absolute atomic E-state index is 12.2. The Labute approximate surface area is 144 Å². The molecule has 0 aliphatic carbocycles. The monoisotopic (exact) mass is 344 g/mol. The maximum Gasteiger partial charge on any atom is 0.337 e. The Bertz CT molecular complexity index is 777. The van der Waals surface area contributed by atoms with Crippen molar-refractivity contribution in [1.82, 2.24) is 5.32 Å². The largest absolute Gasteiger partial charge is 0.494 e. The Balaban J connectivity index is 2.06. The molecule has 0 atom stereocenters. The molecule has 0 aromatic heterocycles. The van der Waals surface area contributed by atoms with Gasteiger partial charge in [-0.1, -0.05) is 18.2 Å². The minimum Gasteiger partial charge on any atom is -0.494 e. The van der Waals surface area contributed by atoms with E-state index in [-0.39, 0.29) is 10.7 Å². The number of carboxylic acid groups (broad SMARTS) is 1. The van der Waals surface area contributed by atoms with Gasteiger partial charge < -0.3 is 15.2 Å². The summed E-state index contributed by atoms with van der Waals surface area (Å²) >= 11 is 5.08. The summed E-state index contributed by atoms with van der Waals surface area (Å²) in [5.41, 5.74) is 0.752. The number of amides is 1. The number of anilines is 1. The van der Waals surface area contributed by atoms with Gasteiger partial charge in [-0.2, -0.15) is 0 Å². The van der Waals surface area contributed by atoms with Crippen molar-refractivity contribution in [2.45, 2.75) is 6.92 Å². The van der Waals surface area contributed by atoms with E-state index in [1.54, 1.807) is 42.5 Å². The van der Waals surface area contributed by atoms with Gasteiger partial charge in [0, 0.05) is 5.56 Å². The molecule has 2 aromatic carbocycles. The Morgan fingerprint density at radius 1 is 1.17 bits per heavy atom. The number of benzene rings is 2. The first-order valence-corrected chi connectivity index (χ1v) is 7.59. The van der Waals surface area contributed by atoms with Crippen LogP contribution in [0.2, 0.25) is 0 Å². The van der Waals surface area contributed by atoms with Gasteiger partial charge in [0.2, 0.25) is 0 Å². The summed E-state index contributed by atoms with van der Waals surface area (Å²) in [5, 5.41) is 14.4. The van der Waals surface area contributed by atoms with E-state index >= 15 is 0 Å². The molecule has 0 heterocycles. The molecule has 2 aromatic rings. The van der Waals surface area contributed by atoms with Gasteiger partial charge in [-0.3, -0.25) is 10.1 Å². The Kier molecular flexibility index (Phi) is 5.86. The predicted octanol–water partition coefficient (Wildman–Crippen LogP) is 2.91. The molecule has 0 saturated carbocycles. The fraction of sp³-hybridized carbons (Fsp3) is 0.118. The van der Waals surface area contributed by atoms with Gasteiger partial charge in [0.1, 0.15) is 5.75 Å². The molecule has 6 nitrogen and oxygen atoms in total. The van der Waals surface area contributed by atoms with Crippen LogP contribution in [0.5, 0.6) is 5.75 Å². The topological polar surface area (TPSA) is 87.7 Å². The molecule has 0 aliphatic heterocycles. The highest BCUT2D eigenvalue weighted by Gasteiger charge is 2.12. The minimum atomic E-state index is -1.09. The average Bonchev–Trinajstić information content (AvgIpc) is 2.55. The van der Waals surface area contributed by atoms with Crippen LogP contribution in [-0.4, -0.2) is 28.7 Å². The third-order valence-electron chi connectivity index (χ3n) is 3.04. The fourth-order valence-electron chi connectivity index (χ4n) is 2.00. The molecular formula is C17H16N2O4S. The summed E-state index contributed by atoms with van der Waals surface area (Å²) in [6, 6.07) is 13.0. The van der Waals surface area contributed by atoms with Crippen molar-refractivity contribution >= 4 is 34.9 Å². The number of nitrogens with one attached hydrogen (secondary N) is 2. The average molecular weight is 344 g/mol. The first-order chi connectivity index (χ1) is 11.5. The van der Waals surface area contributed by atoms with E-state index in [1.165, 1.54) is 6.07 Å². The zero-order valence-corrected chi connectivity index (χ0v) is 13.7. The van der Waals surface area contributed by atoms with Crippen LogP contribution in [0.25, 0.3) is 0 Å². The zero-order valence-electron chi connectivity index (χ0n) is 12.9. The molecule has 0 aliphatic rings. The van der Waals surface area contributed by atoms with E-state index in [0.29, 0.717) is 23.6 Å². The van der Waals surface area contributed by atoms with E-state index in [0.717, 1.165) is 0 Å². The van der Waals surface area contributed by atoms with Crippen LogP contribution in [0.15, 0.2) is 48.5 Å². The molecule has 3 N–H and O–H groups in total. The molecule has 0 fully saturated rings. The highest BCUT2D eigenvalue weighted by Crippen LogP contribution is 2.15. The van der Waals surface area contributed by atoms with Crippen LogP contribution >= 0.6 is 12.2 Å². The molecule has 0 radical (unpaired) electrons. The molecule has 7 heteroatoms. The molecule has 0 spiro atoms.